The highest BCUT2D eigenvalue weighted by atomic mass is 35.5. The Morgan fingerprint density at radius 3 is 1.78 bits per heavy atom. The van der Waals surface area contributed by atoms with Crippen molar-refractivity contribution >= 4 is 52.5 Å². The zero-order valence-electron chi connectivity index (χ0n) is 43.1. The smallest absolute Gasteiger partial charge is 0.215 e. The van der Waals surface area contributed by atoms with E-state index in [1.807, 2.05) is 45.0 Å². The van der Waals surface area contributed by atoms with Crippen LogP contribution in [0.4, 0.5) is 5.69 Å². The molecule has 0 saturated carbocycles. The molecule has 410 valence electrons. The molecule has 20 nitrogen and oxygen atoms in total. The van der Waals surface area contributed by atoms with Gasteiger partial charge in [-0.15, -0.1) is 0 Å². The lowest BCUT2D eigenvalue weighted by atomic mass is 9.84. The number of hydrogen-bond donors (Lipinski definition) is 8. The normalized spacial score (nSPS) is 11.5. The number of carbonyl (C=O) groups excluding carboxylic acids is 2. The number of nitrogens with one attached hydrogen (secondary N) is 4. The number of amides is 1. The number of fused-ring (bicyclic) bond motifs is 1. The van der Waals surface area contributed by atoms with Crippen molar-refractivity contribution in [3.8, 4) is 5.88 Å². The van der Waals surface area contributed by atoms with Gasteiger partial charge < -0.3 is 40.4 Å². The number of hydrazine groups is 1. The molecule has 1 aliphatic rings. The fraction of sp³-hybridized carbons (Fsp3) is 0.540. The Bertz CT molecular complexity index is 1770. The number of aliphatic hydroxyl groups is 2. The molecule has 0 spiro atoms. The van der Waals surface area contributed by atoms with Crippen LogP contribution in [0.15, 0.2) is 72.8 Å². The molecule has 1 amide bonds. The second-order valence-electron chi connectivity index (χ2n) is 14.5. The van der Waals surface area contributed by atoms with Crippen molar-refractivity contribution in [2.45, 2.75) is 98.4 Å². The number of rotatable bonds is 26. The number of aldehydes is 1. The third-order valence-corrected chi connectivity index (χ3v) is 9.47. The van der Waals surface area contributed by atoms with E-state index in [-0.39, 0.29) is 32.3 Å². The van der Waals surface area contributed by atoms with Gasteiger partial charge in [0.05, 0.1) is 25.3 Å². The minimum Gasteiger partial charge on any atom is -0.478 e. The minimum absolute atomic E-state index is 0. The zero-order chi connectivity index (χ0) is 53.9. The molecule has 0 radical (unpaired) electrons. The highest BCUT2D eigenvalue weighted by Crippen LogP contribution is 2.37. The van der Waals surface area contributed by atoms with Crippen LogP contribution < -0.4 is 32.0 Å². The number of carbonyl (C=O) groups is 2. The number of aliphatic hydroxyl groups excluding tert-OH is 2. The lowest BCUT2D eigenvalue weighted by molar-refractivity contribution is -0.756. The van der Waals surface area contributed by atoms with Crippen molar-refractivity contribution < 1.29 is 69.3 Å². The summed E-state index contributed by atoms with van der Waals surface area (Å²) in [4.78, 5) is 35.8. The summed E-state index contributed by atoms with van der Waals surface area (Å²) in [6.07, 6.45) is 8.91. The molecule has 22 heteroatoms. The Kier molecular flexibility index (Phi) is 50.2. The van der Waals surface area contributed by atoms with Crippen molar-refractivity contribution in [3.63, 3.8) is 0 Å². The Morgan fingerprint density at radius 1 is 0.764 bits per heavy atom. The first-order valence-corrected chi connectivity index (χ1v) is 24.9. The molecular weight excluding hydrogens is 979 g/mol. The fourth-order valence-corrected chi connectivity index (χ4v) is 6.17. The Morgan fingerprint density at radius 2 is 1.32 bits per heavy atom. The number of nitrogens with two attached hydrogens (primary N) is 1. The number of hydrogen-bond acceptors (Lipinski definition) is 19. The Labute approximate surface area is 435 Å². The number of nitrogens with zero attached hydrogens (tertiary/aromatic N) is 1. The van der Waals surface area contributed by atoms with Gasteiger partial charge in [-0.3, -0.25) is 21.3 Å². The van der Waals surface area contributed by atoms with Gasteiger partial charge >= 0.3 is 0 Å². The zero-order valence-corrected chi connectivity index (χ0v) is 44.6. The molecule has 1 aliphatic heterocycles. The van der Waals surface area contributed by atoms with Crippen molar-refractivity contribution in [2.75, 3.05) is 84.9 Å². The van der Waals surface area contributed by atoms with E-state index < -0.39 is 0 Å². The summed E-state index contributed by atoms with van der Waals surface area (Å²) in [5.41, 5.74) is 7.81. The highest BCUT2D eigenvalue weighted by molar-refractivity contribution is 6.30. The van der Waals surface area contributed by atoms with Crippen LogP contribution in [0.1, 0.15) is 109 Å². The van der Waals surface area contributed by atoms with Gasteiger partial charge in [0.1, 0.15) is 19.5 Å². The topological polar surface area (TPSA) is 265 Å². The molecule has 0 bridgehead atoms. The quantitative estimate of drug-likeness (QED) is 0.00732. The standard InChI is InChI=1S/C33H37Cl2N3O.C5H11NO7.C4H10O.C3H6O.C2H6O3.C2H6O.CH6N2/c1-2-3-4-5-20-39-32-22-31(37-28-16-18-36-19-17-28)29-21-25(10-15-30(29)38-32)33(23-6-11-26(34)12-7-23)24-8-13-27(35)14-9-24;1-2-8-10-12-13-11-9-4-3-6-5-7;1-3-5-4-2;1-2-3-4;3-1-2-5-4;1-2-3;1-3-2/h6-15,21-22,28,33,36H,2-5,16-20H2,1H3,(H,37,38);5H,2-4H2,1H3,(H,6,7);3-4H2,1-2H3;3H,2H2,1H3;3-4H,1-2H2;2*3H,2H2,1H3. The van der Waals surface area contributed by atoms with Gasteiger partial charge in [-0.1, -0.05) is 86.6 Å². The summed E-state index contributed by atoms with van der Waals surface area (Å²) in [7, 11) is 1.65. The van der Waals surface area contributed by atoms with Crippen LogP contribution in [0.25, 0.3) is 10.9 Å². The lowest BCUT2D eigenvalue weighted by Gasteiger charge is -2.26. The Balaban J connectivity index is 0. The summed E-state index contributed by atoms with van der Waals surface area (Å²) in [6.45, 7) is 16.6. The highest BCUT2D eigenvalue weighted by Gasteiger charge is 2.20. The summed E-state index contributed by atoms with van der Waals surface area (Å²) < 4.78 is 11.0. The summed E-state index contributed by atoms with van der Waals surface area (Å²) in [6, 6.07) is 25.3. The van der Waals surface area contributed by atoms with Crippen molar-refractivity contribution in [2.24, 2.45) is 5.84 Å². The molecule has 3 aromatic carbocycles. The van der Waals surface area contributed by atoms with Gasteiger partial charge in [-0.2, -0.15) is 0 Å². The number of pyridine rings is 1. The second kappa shape index (κ2) is 51.7. The Hall–Kier alpha value is -4.17. The molecule has 4 aromatic rings. The van der Waals surface area contributed by atoms with E-state index >= 15 is 0 Å². The number of ether oxygens (including phenoxy) is 2. The first-order chi connectivity index (χ1) is 35.1. The first kappa shape index (κ1) is 69.9. The van der Waals surface area contributed by atoms with Crippen molar-refractivity contribution in [1.82, 2.24) is 21.0 Å². The number of anilines is 1. The monoisotopic (exact) mass is 1060 g/mol. The maximum Gasteiger partial charge on any atom is 0.215 e. The molecule has 0 atom stereocenters. The summed E-state index contributed by atoms with van der Waals surface area (Å²) in [5.74, 6) is 5.32. The van der Waals surface area contributed by atoms with Crippen LogP contribution in [0.3, 0.4) is 0 Å². The maximum absolute atomic E-state index is 9.71. The van der Waals surface area contributed by atoms with Gasteiger partial charge in [-0.25, -0.2) is 19.6 Å². The minimum atomic E-state index is -0.128. The third-order valence-electron chi connectivity index (χ3n) is 8.96. The molecule has 1 fully saturated rings. The molecule has 0 unspecified atom stereocenters. The van der Waals surface area contributed by atoms with E-state index in [1.165, 1.54) is 36.0 Å². The number of unbranched alkanes of at least 4 members (excludes halogenated alkanes) is 3. The van der Waals surface area contributed by atoms with Gasteiger partial charge in [0.15, 0.2) is 0 Å². The van der Waals surface area contributed by atoms with E-state index in [9.17, 15) is 9.59 Å². The largest absolute Gasteiger partial charge is 0.478 e. The summed E-state index contributed by atoms with van der Waals surface area (Å²) in [5, 5.41) is 50.5. The number of aromatic nitrogens is 1. The van der Waals surface area contributed by atoms with Crippen LogP contribution >= 0.6 is 23.2 Å². The SMILES string of the molecule is CCC=O.CCCCCCOc1cc(NC2CCNCC2)c2cc(C(c3ccc(Cl)cc3)c3ccc(Cl)cc3)ccc2n1.CCO.CCOCC.CCOOOOOOCCNC=O.CNN.OCCOO. The molecule has 1 saturated heterocycles. The van der Waals surface area contributed by atoms with Crippen LogP contribution in [-0.2, 0) is 49.1 Å². The van der Waals surface area contributed by atoms with Crippen molar-refractivity contribution in [3.05, 3.63) is 99.5 Å². The molecule has 1 aromatic heterocycles. The van der Waals surface area contributed by atoms with Crippen LogP contribution in [-0.4, -0.2) is 119 Å². The molecule has 2 heterocycles. The summed E-state index contributed by atoms with van der Waals surface area (Å²) >= 11 is 12.5. The van der Waals surface area contributed by atoms with E-state index in [0.29, 0.717) is 44.5 Å². The molecule has 72 heavy (non-hydrogen) atoms. The average molecular weight is 1060 g/mol. The fourth-order valence-electron chi connectivity index (χ4n) is 5.92. The van der Waals surface area contributed by atoms with Crippen LogP contribution in [0.2, 0.25) is 10.0 Å². The van der Waals surface area contributed by atoms with E-state index in [0.717, 1.165) is 78.5 Å². The molecule has 9 N–H and O–H groups in total. The van der Waals surface area contributed by atoms with E-state index in [2.05, 4.69) is 117 Å². The van der Waals surface area contributed by atoms with E-state index in [1.54, 1.807) is 20.9 Å². The first-order valence-electron chi connectivity index (χ1n) is 24.1. The van der Waals surface area contributed by atoms with Crippen molar-refractivity contribution in [1.29, 1.82) is 0 Å². The van der Waals surface area contributed by atoms with Gasteiger partial charge in [0, 0.05) is 71.9 Å². The number of benzene rings is 3. The third kappa shape index (κ3) is 36.7. The van der Waals surface area contributed by atoms with E-state index in [4.69, 9.17) is 53.1 Å². The predicted molar refractivity (Wildman–Crippen MR) is 281 cm³/mol. The van der Waals surface area contributed by atoms with Crippen LogP contribution in [0.5, 0.6) is 5.88 Å². The van der Waals surface area contributed by atoms with Gasteiger partial charge in [0.25, 0.3) is 0 Å². The number of piperidine rings is 1. The lowest BCUT2D eigenvalue weighted by Crippen LogP contribution is -2.35. The average Bonchev–Trinajstić information content (AvgIpc) is 3.39. The predicted octanol–water partition coefficient (Wildman–Crippen LogP) is 8.46. The number of halogens is 2. The van der Waals surface area contributed by atoms with Crippen LogP contribution in [0, 0.1) is 0 Å². The molecule has 5 rings (SSSR count). The molecular formula is C50H82Cl2N6O14. The molecule has 0 aliphatic carbocycles. The van der Waals surface area contributed by atoms with Gasteiger partial charge in [-0.05, 0) is 140 Å². The maximum atomic E-state index is 9.71. The van der Waals surface area contributed by atoms with Gasteiger partial charge in [0.2, 0.25) is 12.3 Å². The second-order valence-corrected chi connectivity index (χ2v) is 15.4.